The minimum absolute atomic E-state index is 0.240. The number of esters is 1. The summed E-state index contributed by atoms with van der Waals surface area (Å²) in [6.45, 7) is 0. The maximum absolute atomic E-state index is 11.0. The molecule has 0 radical (unpaired) electrons. The number of nitrogens with one attached hydrogen (secondary N) is 1. The SMILES string of the molecule is COC(=O)C1=NC(=O)NC(=O)C1Br. The number of imide groups is 1. The van der Waals surface area contributed by atoms with Gasteiger partial charge >= 0.3 is 12.0 Å². The van der Waals surface area contributed by atoms with Gasteiger partial charge in [0.1, 0.15) is 4.83 Å². The van der Waals surface area contributed by atoms with Crippen molar-refractivity contribution in [2.24, 2.45) is 4.99 Å². The summed E-state index contributed by atoms with van der Waals surface area (Å²) in [6.07, 6.45) is 0. The molecule has 1 aliphatic rings. The lowest BCUT2D eigenvalue weighted by atomic mass is 10.2. The Morgan fingerprint density at radius 3 is 2.77 bits per heavy atom. The van der Waals surface area contributed by atoms with E-state index in [1.54, 1.807) is 0 Å². The van der Waals surface area contributed by atoms with Gasteiger partial charge in [-0.1, -0.05) is 15.9 Å². The van der Waals surface area contributed by atoms with Crippen molar-refractivity contribution in [2.75, 3.05) is 7.11 Å². The van der Waals surface area contributed by atoms with Crippen molar-refractivity contribution in [3.8, 4) is 0 Å². The summed E-state index contributed by atoms with van der Waals surface area (Å²) in [5, 5.41) is 1.92. The van der Waals surface area contributed by atoms with E-state index in [-0.39, 0.29) is 5.71 Å². The van der Waals surface area contributed by atoms with Crippen LogP contribution in [-0.4, -0.2) is 35.6 Å². The zero-order valence-electron chi connectivity index (χ0n) is 6.54. The second-order valence-corrected chi connectivity index (χ2v) is 3.06. The third-order valence-electron chi connectivity index (χ3n) is 1.32. The molecule has 6 nitrogen and oxygen atoms in total. The number of aliphatic imine (C=N–C) groups is 1. The molecule has 0 spiro atoms. The van der Waals surface area contributed by atoms with Crippen LogP contribution in [0.1, 0.15) is 0 Å². The number of halogens is 1. The Morgan fingerprint density at radius 1 is 1.62 bits per heavy atom. The number of methoxy groups -OCH3 is 1. The van der Waals surface area contributed by atoms with E-state index in [4.69, 9.17) is 0 Å². The van der Waals surface area contributed by atoms with E-state index >= 15 is 0 Å². The molecule has 0 aromatic rings. The third-order valence-corrected chi connectivity index (χ3v) is 2.17. The molecule has 7 heteroatoms. The average molecular weight is 249 g/mol. The molecule has 0 fully saturated rings. The quantitative estimate of drug-likeness (QED) is 0.506. The summed E-state index contributed by atoms with van der Waals surface area (Å²) in [5.41, 5.74) is -0.240. The van der Waals surface area contributed by atoms with Gasteiger partial charge in [0.15, 0.2) is 5.71 Å². The first-order chi connectivity index (χ1) is 6.06. The predicted molar refractivity (Wildman–Crippen MR) is 45.7 cm³/mol. The zero-order valence-corrected chi connectivity index (χ0v) is 8.12. The van der Waals surface area contributed by atoms with Gasteiger partial charge in [-0.25, -0.2) is 9.59 Å². The molecule has 0 saturated heterocycles. The summed E-state index contributed by atoms with van der Waals surface area (Å²) in [5.74, 6) is -1.43. The fraction of sp³-hybridized carbons (Fsp3) is 0.333. The van der Waals surface area contributed by atoms with Crippen molar-refractivity contribution in [1.82, 2.24) is 5.32 Å². The van der Waals surface area contributed by atoms with E-state index < -0.39 is 22.7 Å². The predicted octanol–water partition coefficient (Wildman–Crippen LogP) is -0.386. The van der Waals surface area contributed by atoms with Crippen LogP contribution < -0.4 is 5.32 Å². The van der Waals surface area contributed by atoms with Gasteiger partial charge in [-0.3, -0.25) is 10.1 Å². The molecule has 1 unspecified atom stereocenters. The van der Waals surface area contributed by atoms with Crippen molar-refractivity contribution in [3.63, 3.8) is 0 Å². The van der Waals surface area contributed by atoms with Crippen LogP contribution in [0.15, 0.2) is 4.99 Å². The van der Waals surface area contributed by atoms with Gasteiger partial charge in [-0.2, -0.15) is 4.99 Å². The van der Waals surface area contributed by atoms with Gasteiger partial charge in [-0.05, 0) is 0 Å². The number of alkyl halides is 1. The zero-order chi connectivity index (χ0) is 10.0. The van der Waals surface area contributed by atoms with Gasteiger partial charge in [0.05, 0.1) is 7.11 Å². The maximum Gasteiger partial charge on any atom is 0.354 e. The highest BCUT2D eigenvalue weighted by molar-refractivity contribution is 9.10. The molecule has 13 heavy (non-hydrogen) atoms. The van der Waals surface area contributed by atoms with Crippen LogP contribution in [0.4, 0.5) is 4.79 Å². The number of carbonyl (C=O) groups is 3. The standard InChI is InChI=1S/C6H5BrN2O4/c1-13-5(11)3-2(7)4(10)9-6(12)8-3/h2H,1H3,(H,9,10,12). The van der Waals surface area contributed by atoms with Crippen LogP contribution in [0.25, 0.3) is 0 Å². The number of urea groups is 1. The van der Waals surface area contributed by atoms with E-state index in [0.29, 0.717) is 0 Å². The summed E-state index contributed by atoms with van der Waals surface area (Å²) >= 11 is 2.89. The molecule has 1 atom stereocenters. The summed E-state index contributed by atoms with van der Waals surface area (Å²) in [4.78, 5) is 35.0. The Bertz CT molecular complexity index is 312. The van der Waals surface area contributed by atoms with Crippen molar-refractivity contribution in [1.29, 1.82) is 0 Å². The lowest BCUT2D eigenvalue weighted by Gasteiger charge is -2.14. The smallest absolute Gasteiger partial charge is 0.354 e. The first-order valence-corrected chi connectivity index (χ1v) is 4.13. The Morgan fingerprint density at radius 2 is 2.23 bits per heavy atom. The molecule has 70 valence electrons. The van der Waals surface area contributed by atoms with Crippen molar-refractivity contribution >= 4 is 39.5 Å². The Labute approximate surface area is 81.5 Å². The van der Waals surface area contributed by atoms with Crippen LogP contribution in [0.2, 0.25) is 0 Å². The molecule has 0 saturated carbocycles. The van der Waals surface area contributed by atoms with E-state index in [2.05, 4.69) is 25.7 Å². The fourth-order valence-corrected chi connectivity index (χ4v) is 1.14. The van der Waals surface area contributed by atoms with Gasteiger partial charge in [-0.15, -0.1) is 0 Å². The molecule has 3 amide bonds. The van der Waals surface area contributed by atoms with Gasteiger partial charge in [0, 0.05) is 0 Å². The van der Waals surface area contributed by atoms with E-state index in [0.717, 1.165) is 7.11 Å². The molecule has 1 heterocycles. The molecule has 0 aromatic heterocycles. The van der Waals surface area contributed by atoms with Crippen LogP contribution in [0.5, 0.6) is 0 Å². The van der Waals surface area contributed by atoms with E-state index in [1.807, 2.05) is 5.32 Å². The minimum atomic E-state index is -0.933. The largest absolute Gasteiger partial charge is 0.464 e. The highest BCUT2D eigenvalue weighted by atomic mass is 79.9. The second kappa shape index (κ2) is 3.65. The molecule has 1 N–H and O–H groups in total. The topological polar surface area (TPSA) is 84.8 Å². The molecule has 0 aliphatic carbocycles. The Kier molecular flexibility index (Phi) is 2.76. The highest BCUT2D eigenvalue weighted by Gasteiger charge is 2.33. The molecule has 0 bridgehead atoms. The maximum atomic E-state index is 11.0. The van der Waals surface area contributed by atoms with Gasteiger partial charge < -0.3 is 4.74 Å². The number of nitrogens with zero attached hydrogens (tertiary/aromatic N) is 1. The summed E-state index contributed by atoms with van der Waals surface area (Å²) < 4.78 is 4.32. The Balaban J connectivity index is 2.99. The second-order valence-electron chi connectivity index (χ2n) is 2.15. The molecular weight excluding hydrogens is 244 g/mol. The van der Waals surface area contributed by atoms with Crippen LogP contribution in [0, 0.1) is 0 Å². The highest BCUT2D eigenvalue weighted by Crippen LogP contribution is 2.08. The Hall–Kier alpha value is -1.24. The average Bonchev–Trinajstić information content (AvgIpc) is 2.10. The number of hydrogen-bond acceptors (Lipinski definition) is 4. The lowest BCUT2D eigenvalue weighted by molar-refractivity contribution is -0.133. The van der Waals surface area contributed by atoms with E-state index in [1.165, 1.54) is 0 Å². The molecule has 1 rings (SSSR count). The first-order valence-electron chi connectivity index (χ1n) is 3.22. The monoisotopic (exact) mass is 248 g/mol. The first kappa shape index (κ1) is 9.85. The van der Waals surface area contributed by atoms with Gasteiger partial charge in [0.25, 0.3) is 0 Å². The number of carbonyl (C=O) groups excluding carboxylic acids is 3. The molecular formula is C6H5BrN2O4. The lowest BCUT2D eigenvalue weighted by Crippen LogP contribution is -2.46. The fourth-order valence-electron chi connectivity index (χ4n) is 0.741. The van der Waals surface area contributed by atoms with E-state index in [9.17, 15) is 14.4 Å². The van der Waals surface area contributed by atoms with Crippen molar-refractivity contribution in [2.45, 2.75) is 4.83 Å². The number of amides is 3. The summed E-state index contributed by atoms with van der Waals surface area (Å²) in [7, 11) is 1.14. The van der Waals surface area contributed by atoms with Crippen molar-refractivity contribution in [3.05, 3.63) is 0 Å². The van der Waals surface area contributed by atoms with Crippen LogP contribution in [-0.2, 0) is 14.3 Å². The number of rotatable bonds is 1. The summed E-state index contributed by atoms with van der Waals surface area (Å²) in [6, 6.07) is -0.860. The number of hydrogen-bond donors (Lipinski definition) is 1. The van der Waals surface area contributed by atoms with Gasteiger partial charge in [0.2, 0.25) is 5.91 Å². The number of ether oxygens (including phenoxy) is 1. The minimum Gasteiger partial charge on any atom is -0.464 e. The third kappa shape index (κ3) is 1.92. The molecule has 0 aromatic carbocycles. The van der Waals surface area contributed by atoms with Crippen molar-refractivity contribution < 1.29 is 19.1 Å². The van der Waals surface area contributed by atoms with Crippen LogP contribution >= 0.6 is 15.9 Å². The normalized spacial score (nSPS) is 22.0. The molecule has 1 aliphatic heterocycles. The van der Waals surface area contributed by atoms with Crippen LogP contribution in [0.3, 0.4) is 0 Å².